The van der Waals surface area contributed by atoms with Crippen molar-refractivity contribution in [2.75, 3.05) is 6.54 Å². The molecule has 0 radical (unpaired) electrons. The van der Waals surface area contributed by atoms with Crippen molar-refractivity contribution in [3.63, 3.8) is 0 Å². The van der Waals surface area contributed by atoms with Gasteiger partial charge in [0.05, 0.1) is 12.5 Å². The van der Waals surface area contributed by atoms with Crippen molar-refractivity contribution >= 4 is 23.7 Å². The number of unbranched alkanes of at least 4 members (excludes halogenated alkanes) is 1. The van der Waals surface area contributed by atoms with Gasteiger partial charge in [-0.15, -0.1) is 0 Å². The third-order valence-corrected chi connectivity index (χ3v) is 8.07. The summed E-state index contributed by atoms with van der Waals surface area (Å²) in [4.78, 5) is 56.0. The summed E-state index contributed by atoms with van der Waals surface area (Å²) in [5.74, 6) is -1.83. The Labute approximate surface area is 250 Å². The van der Waals surface area contributed by atoms with E-state index in [0.717, 1.165) is 28.0 Å². The molecule has 2 N–H and O–H groups in total. The van der Waals surface area contributed by atoms with Crippen LogP contribution >= 0.6 is 0 Å². The minimum Gasteiger partial charge on any atom is -0.465 e. The lowest BCUT2D eigenvalue weighted by Gasteiger charge is -2.38. The lowest BCUT2D eigenvalue weighted by atomic mass is 9.86. The predicted octanol–water partition coefficient (Wildman–Crippen LogP) is 6.10. The van der Waals surface area contributed by atoms with Crippen LogP contribution in [0.3, 0.4) is 0 Å². The third kappa shape index (κ3) is 8.20. The summed E-state index contributed by atoms with van der Waals surface area (Å²) in [5.41, 5.74) is 2.45. The monoisotopic (exact) mass is 577 g/mol. The van der Waals surface area contributed by atoms with Crippen LogP contribution in [0.4, 0.5) is 4.79 Å². The molecule has 2 unspecified atom stereocenters. The van der Waals surface area contributed by atoms with Gasteiger partial charge in [0.2, 0.25) is 11.7 Å². The molecule has 0 aliphatic carbocycles. The molecule has 1 aliphatic heterocycles. The molecule has 228 valence electrons. The van der Waals surface area contributed by atoms with E-state index in [1.54, 1.807) is 11.8 Å². The summed E-state index contributed by atoms with van der Waals surface area (Å²) >= 11 is 0. The second-order valence-corrected chi connectivity index (χ2v) is 13.3. The Morgan fingerprint density at radius 2 is 1.67 bits per heavy atom. The zero-order valence-electron chi connectivity index (χ0n) is 26.1. The van der Waals surface area contributed by atoms with Gasteiger partial charge in [-0.05, 0) is 47.3 Å². The first-order valence-electron chi connectivity index (χ1n) is 14.9. The van der Waals surface area contributed by atoms with E-state index in [-0.39, 0.29) is 29.6 Å². The van der Waals surface area contributed by atoms with Gasteiger partial charge in [0.15, 0.2) is 0 Å². The molecule has 3 rings (SSSR count). The number of nitrogens with one attached hydrogen (secondary N) is 1. The summed E-state index contributed by atoms with van der Waals surface area (Å²) in [7, 11) is 0. The van der Waals surface area contributed by atoms with Crippen LogP contribution in [0, 0.1) is 5.41 Å². The standard InChI is InChI=1S/C34H47N3O5/c1-8-9-15-27(30(39)31(40)35-23(2)25-13-11-10-12-14-25)37(32(41)42)28-21-34(6,7)22-36(28)29(38)20-24-16-18-26(19-17-24)33(3,4)5/h10-14,16-19,23,27-28H,8-9,15,20-22H2,1-7H3,(H,35,40)(H,41,42)/t23?,27-,28?/m0/s1. The molecule has 0 saturated carbocycles. The fraction of sp³-hybridized carbons (Fsp3) is 0.529. The summed E-state index contributed by atoms with van der Waals surface area (Å²) in [6.45, 7) is 14.4. The molecule has 42 heavy (non-hydrogen) atoms. The number of hydrogen-bond acceptors (Lipinski definition) is 4. The molecule has 3 atom stereocenters. The molecule has 3 amide bonds. The van der Waals surface area contributed by atoms with E-state index in [4.69, 9.17) is 0 Å². The zero-order valence-corrected chi connectivity index (χ0v) is 26.1. The van der Waals surface area contributed by atoms with E-state index in [1.165, 1.54) is 0 Å². The van der Waals surface area contributed by atoms with Crippen molar-refractivity contribution in [3.8, 4) is 0 Å². The number of nitrogens with zero attached hydrogens (tertiary/aromatic N) is 2. The second kappa shape index (κ2) is 13.5. The van der Waals surface area contributed by atoms with Crippen LogP contribution in [-0.2, 0) is 26.2 Å². The van der Waals surface area contributed by atoms with E-state index < -0.39 is 36.0 Å². The van der Waals surface area contributed by atoms with Gasteiger partial charge in [-0.3, -0.25) is 19.3 Å². The van der Waals surface area contributed by atoms with Crippen LogP contribution < -0.4 is 5.32 Å². The Bertz CT molecular complexity index is 1250. The minimum atomic E-state index is -1.32. The van der Waals surface area contributed by atoms with Crippen molar-refractivity contribution in [3.05, 3.63) is 71.3 Å². The number of benzene rings is 2. The molecule has 1 heterocycles. The highest BCUT2D eigenvalue weighted by atomic mass is 16.4. The average molecular weight is 578 g/mol. The lowest BCUT2D eigenvalue weighted by molar-refractivity contribution is -0.144. The van der Waals surface area contributed by atoms with E-state index in [1.807, 2.05) is 75.4 Å². The summed E-state index contributed by atoms with van der Waals surface area (Å²) in [5, 5.41) is 13.2. The Balaban J connectivity index is 1.88. The van der Waals surface area contributed by atoms with Gasteiger partial charge in [0, 0.05) is 6.54 Å². The van der Waals surface area contributed by atoms with E-state index >= 15 is 0 Å². The minimum absolute atomic E-state index is 0.0141. The van der Waals surface area contributed by atoms with Gasteiger partial charge < -0.3 is 15.3 Å². The number of amides is 3. The van der Waals surface area contributed by atoms with Crippen LogP contribution in [0.25, 0.3) is 0 Å². The third-order valence-electron chi connectivity index (χ3n) is 8.07. The number of ketones is 1. The van der Waals surface area contributed by atoms with Gasteiger partial charge in [0.25, 0.3) is 5.91 Å². The topological polar surface area (TPSA) is 107 Å². The molecule has 1 saturated heterocycles. The van der Waals surface area contributed by atoms with Gasteiger partial charge in [-0.2, -0.15) is 0 Å². The summed E-state index contributed by atoms with van der Waals surface area (Å²) in [6.07, 6.45) is -0.206. The first-order valence-corrected chi connectivity index (χ1v) is 14.9. The van der Waals surface area contributed by atoms with Crippen LogP contribution in [0.2, 0.25) is 0 Å². The van der Waals surface area contributed by atoms with Crippen molar-refractivity contribution in [1.82, 2.24) is 15.1 Å². The Kier molecular flexibility index (Phi) is 10.6. The molecule has 2 aromatic rings. The van der Waals surface area contributed by atoms with Crippen molar-refractivity contribution < 1.29 is 24.3 Å². The van der Waals surface area contributed by atoms with Gasteiger partial charge in [-0.1, -0.05) is 109 Å². The van der Waals surface area contributed by atoms with Gasteiger partial charge in [0.1, 0.15) is 12.2 Å². The lowest BCUT2D eigenvalue weighted by Crippen LogP contribution is -2.58. The molecule has 1 aliphatic rings. The average Bonchev–Trinajstić information content (AvgIpc) is 3.25. The Morgan fingerprint density at radius 1 is 1.05 bits per heavy atom. The maximum absolute atomic E-state index is 13.7. The number of carbonyl (C=O) groups is 4. The van der Waals surface area contributed by atoms with Crippen LogP contribution in [0.5, 0.6) is 0 Å². The molecule has 8 nitrogen and oxygen atoms in total. The van der Waals surface area contributed by atoms with Crippen molar-refractivity contribution in [2.45, 2.75) is 104 Å². The maximum atomic E-state index is 13.7. The predicted molar refractivity (Wildman–Crippen MR) is 164 cm³/mol. The fourth-order valence-electron chi connectivity index (χ4n) is 5.64. The summed E-state index contributed by atoms with van der Waals surface area (Å²) in [6, 6.07) is 15.6. The summed E-state index contributed by atoms with van der Waals surface area (Å²) < 4.78 is 0. The number of hydrogen-bond donors (Lipinski definition) is 2. The molecule has 2 aromatic carbocycles. The number of likely N-dealkylation sites (tertiary alicyclic amines) is 1. The molecule has 0 spiro atoms. The van der Waals surface area contributed by atoms with Crippen LogP contribution in [-0.4, -0.2) is 57.3 Å². The quantitative estimate of drug-likeness (QED) is 0.314. The highest BCUT2D eigenvalue weighted by molar-refractivity contribution is 6.38. The molecule has 8 heteroatoms. The molecule has 0 bridgehead atoms. The first kappa shape index (κ1) is 32.8. The molecular formula is C34H47N3O5. The SMILES string of the molecule is CCCC[C@@H](C(=O)C(=O)NC(C)c1ccccc1)N(C(=O)O)C1CC(C)(C)CN1C(=O)Cc1ccc(C(C)(C)C)cc1. The molecular weight excluding hydrogens is 530 g/mol. The second-order valence-electron chi connectivity index (χ2n) is 13.3. The van der Waals surface area contributed by atoms with Gasteiger partial charge in [-0.25, -0.2) is 4.79 Å². The highest BCUT2D eigenvalue weighted by Crippen LogP contribution is 2.37. The van der Waals surface area contributed by atoms with E-state index in [0.29, 0.717) is 19.4 Å². The zero-order chi connectivity index (χ0) is 31.2. The molecule has 1 fully saturated rings. The first-order chi connectivity index (χ1) is 19.6. The fourth-order valence-corrected chi connectivity index (χ4v) is 5.64. The van der Waals surface area contributed by atoms with Crippen molar-refractivity contribution in [2.24, 2.45) is 5.41 Å². The van der Waals surface area contributed by atoms with Crippen LogP contribution in [0.15, 0.2) is 54.6 Å². The number of carbonyl (C=O) groups excluding carboxylic acids is 3. The maximum Gasteiger partial charge on any atom is 0.409 e. The normalized spacial score (nSPS) is 17.8. The number of carboxylic acid groups (broad SMARTS) is 1. The van der Waals surface area contributed by atoms with E-state index in [2.05, 4.69) is 26.1 Å². The smallest absolute Gasteiger partial charge is 0.409 e. The van der Waals surface area contributed by atoms with Gasteiger partial charge >= 0.3 is 6.09 Å². The largest absolute Gasteiger partial charge is 0.465 e. The van der Waals surface area contributed by atoms with Crippen molar-refractivity contribution in [1.29, 1.82) is 0 Å². The van der Waals surface area contributed by atoms with E-state index in [9.17, 15) is 24.3 Å². The molecule has 0 aromatic heterocycles. The number of Topliss-reactive ketones (excluding diaryl/α,β-unsaturated/α-hetero) is 1. The van der Waals surface area contributed by atoms with Crippen LogP contribution in [0.1, 0.15) is 96.9 Å². The number of rotatable bonds is 11. The Hall–Kier alpha value is -3.68. The Morgan fingerprint density at radius 3 is 2.21 bits per heavy atom. The highest BCUT2D eigenvalue weighted by Gasteiger charge is 2.48.